The minimum atomic E-state index is -2.90. The minimum Gasteiger partial charge on any atom is -0.377 e. The standard InChI is InChI=1S/C15H27NO3S/c1-3-20(17,18)10-11(2)16-13-12-6-9-19-14(12)15(13)7-4-5-8-15/h11-14,16H,3-10H2,1-2H3/t11-,12-,13+,14+/m0/s1. The summed E-state index contributed by atoms with van der Waals surface area (Å²) < 4.78 is 29.5. The molecule has 3 aliphatic rings. The van der Waals surface area contributed by atoms with Crippen molar-refractivity contribution in [2.24, 2.45) is 11.3 Å². The summed E-state index contributed by atoms with van der Waals surface area (Å²) in [5.74, 6) is 1.11. The first-order valence-electron chi connectivity index (χ1n) is 8.06. The van der Waals surface area contributed by atoms with Crippen molar-refractivity contribution in [1.29, 1.82) is 0 Å². The van der Waals surface area contributed by atoms with Crippen LogP contribution in [0.2, 0.25) is 0 Å². The Labute approximate surface area is 122 Å². The van der Waals surface area contributed by atoms with Crippen LogP contribution in [0.5, 0.6) is 0 Å². The average Bonchev–Trinajstić information content (AvgIpc) is 3.03. The number of hydrogen-bond donors (Lipinski definition) is 1. The second-order valence-corrected chi connectivity index (χ2v) is 9.33. The van der Waals surface area contributed by atoms with Crippen molar-refractivity contribution in [2.45, 2.75) is 64.1 Å². The number of ether oxygens (including phenoxy) is 1. The van der Waals surface area contributed by atoms with Crippen molar-refractivity contribution in [1.82, 2.24) is 5.32 Å². The summed E-state index contributed by atoms with van der Waals surface area (Å²) >= 11 is 0. The van der Waals surface area contributed by atoms with Crippen molar-refractivity contribution in [3.63, 3.8) is 0 Å². The molecule has 0 unspecified atom stereocenters. The van der Waals surface area contributed by atoms with Gasteiger partial charge in [-0.1, -0.05) is 19.8 Å². The van der Waals surface area contributed by atoms with E-state index in [0.29, 0.717) is 23.5 Å². The fourth-order valence-electron chi connectivity index (χ4n) is 4.80. The normalized spacial score (nSPS) is 36.8. The molecule has 0 aromatic heterocycles. The molecule has 1 aliphatic heterocycles. The Hall–Kier alpha value is -0.130. The second-order valence-electron chi connectivity index (χ2n) is 6.93. The second kappa shape index (κ2) is 5.25. The third kappa shape index (κ3) is 2.32. The van der Waals surface area contributed by atoms with Crippen molar-refractivity contribution in [3.8, 4) is 0 Å². The van der Waals surface area contributed by atoms with Gasteiger partial charge in [-0.3, -0.25) is 0 Å². The fourth-order valence-corrected chi connectivity index (χ4v) is 5.89. The van der Waals surface area contributed by atoms with Gasteiger partial charge in [-0.15, -0.1) is 0 Å². The van der Waals surface area contributed by atoms with E-state index in [9.17, 15) is 8.42 Å². The highest BCUT2D eigenvalue weighted by atomic mass is 32.2. The maximum Gasteiger partial charge on any atom is 0.151 e. The van der Waals surface area contributed by atoms with E-state index >= 15 is 0 Å². The van der Waals surface area contributed by atoms with Gasteiger partial charge < -0.3 is 10.1 Å². The minimum absolute atomic E-state index is 0.0453. The molecule has 0 aromatic rings. The molecule has 4 atom stereocenters. The average molecular weight is 301 g/mol. The van der Waals surface area contributed by atoms with Crippen LogP contribution in [-0.4, -0.2) is 44.7 Å². The van der Waals surface area contributed by atoms with Gasteiger partial charge >= 0.3 is 0 Å². The molecule has 0 amide bonds. The molecule has 20 heavy (non-hydrogen) atoms. The molecule has 5 heteroatoms. The zero-order valence-corrected chi connectivity index (χ0v) is 13.4. The van der Waals surface area contributed by atoms with Gasteiger partial charge in [-0.2, -0.15) is 0 Å². The Morgan fingerprint density at radius 2 is 2.05 bits per heavy atom. The first-order valence-corrected chi connectivity index (χ1v) is 9.89. The summed E-state index contributed by atoms with van der Waals surface area (Å²) in [4.78, 5) is 0. The van der Waals surface area contributed by atoms with Crippen molar-refractivity contribution < 1.29 is 13.2 Å². The highest BCUT2D eigenvalue weighted by Gasteiger charge is 2.64. The van der Waals surface area contributed by atoms with Gasteiger partial charge in [0.15, 0.2) is 9.84 Å². The Morgan fingerprint density at radius 1 is 1.35 bits per heavy atom. The van der Waals surface area contributed by atoms with E-state index in [0.717, 1.165) is 13.0 Å². The maximum absolute atomic E-state index is 11.8. The highest BCUT2D eigenvalue weighted by Crippen LogP contribution is 2.60. The lowest BCUT2D eigenvalue weighted by atomic mass is 9.54. The van der Waals surface area contributed by atoms with Gasteiger partial charge in [-0.05, 0) is 26.2 Å². The molecule has 3 fully saturated rings. The van der Waals surface area contributed by atoms with Crippen LogP contribution in [0.3, 0.4) is 0 Å². The monoisotopic (exact) mass is 301 g/mol. The molecule has 0 radical (unpaired) electrons. The molecule has 1 heterocycles. The van der Waals surface area contributed by atoms with Crippen molar-refractivity contribution in [3.05, 3.63) is 0 Å². The molecule has 0 aromatic carbocycles. The molecule has 1 N–H and O–H groups in total. The lowest BCUT2D eigenvalue weighted by molar-refractivity contribution is -0.132. The van der Waals surface area contributed by atoms with E-state index in [-0.39, 0.29) is 17.5 Å². The molecule has 3 rings (SSSR count). The van der Waals surface area contributed by atoms with Crippen molar-refractivity contribution in [2.75, 3.05) is 18.1 Å². The Kier molecular flexibility index (Phi) is 3.89. The first kappa shape index (κ1) is 14.8. The molecular weight excluding hydrogens is 274 g/mol. The zero-order valence-electron chi connectivity index (χ0n) is 12.6. The molecule has 4 nitrogen and oxygen atoms in total. The number of sulfone groups is 1. The topological polar surface area (TPSA) is 55.4 Å². The molecule has 0 bridgehead atoms. The number of rotatable bonds is 5. The van der Waals surface area contributed by atoms with Gasteiger partial charge in [0.2, 0.25) is 0 Å². The van der Waals surface area contributed by atoms with Gasteiger partial charge in [-0.25, -0.2) is 8.42 Å². The third-order valence-corrected chi connectivity index (χ3v) is 7.58. The van der Waals surface area contributed by atoms with Crippen LogP contribution in [-0.2, 0) is 14.6 Å². The summed E-state index contributed by atoms with van der Waals surface area (Å²) in [6.45, 7) is 4.63. The molecule has 2 saturated carbocycles. The van der Waals surface area contributed by atoms with Crippen molar-refractivity contribution >= 4 is 9.84 Å². The molecule has 1 saturated heterocycles. The van der Waals surface area contributed by atoms with Crippen LogP contribution < -0.4 is 5.32 Å². The lowest BCUT2D eigenvalue weighted by Crippen LogP contribution is -2.69. The predicted octanol–water partition coefficient (Wildman–Crippen LogP) is 1.75. The van der Waals surface area contributed by atoms with Crippen LogP contribution in [0.4, 0.5) is 0 Å². The largest absolute Gasteiger partial charge is 0.377 e. The van der Waals surface area contributed by atoms with E-state index in [4.69, 9.17) is 4.74 Å². The fraction of sp³-hybridized carbons (Fsp3) is 1.00. The smallest absolute Gasteiger partial charge is 0.151 e. The Morgan fingerprint density at radius 3 is 2.70 bits per heavy atom. The Bertz CT molecular complexity index is 456. The molecule has 2 aliphatic carbocycles. The predicted molar refractivity (Wildman–Crippen MR) is 79.5 cm³/mol. The highest BCUT2D eigenvalue weighted by molar-refractivity contribution is 7.91. The summed E-state index contributed by atoms with van der Waals surface area (Å²) in [6.07, 6.45) is 6.67. The zero-order chi connectivity index (χ0) is 14.4. The number of fused-ring (bicyclic) bond motifs is 2. The van der Waals surface area contributed by atoms with Gasteiger partial charge in [0, 0.05) is 35.8 Å². The summed E-state index contributed by atoms with van der Waals surface area (Å²) in [5.41, 5.74) is 0.311. The maximum atomic E-state index is 11.8. The van der Waals surface area contributed by atoms with Gasteiger partial charge in [0.05, 0.1) is 11.9 Å². The van der Waals surface area contributed by atoms with E-state index in [2.05, 4.69) is 5.32 Å². The van der Waals surface area contributed by atoms with Crippen LogP contribution in [0.15, 0.2) is 0 Å². The van der Waals surface area contributed by atoms with Crippen LogP contribution in [0.1, 0.15) is 46.0 Å². The summed E-state index contributed by atoms with van der Waals surface area (Å²) in [5, 5.41) is 3.65. The molecule has 116 valence electrons. The van der Waals surface area contributed by atoms with Crippen LogP contribution in [0.25, 0.3) is 0 Å². The number of nitrogens with one attached hydrogen (secondary N) is 1. The Balaban J connectivity index is 1.67. The SMILES string of the molecule is CCS(=O)(=O)C[C@H](C)N[C@@H]1[C@@H]2CCO[C@H]2C12CCCC2. The molecular formula is C15H27NO3S. The van der Waals surface area contributed by atoms with E-state index in [1.807, 2.05) is 6.92 Å². The first-order chi connectivity index (χ1) is 9.48. The van der Waals surface area contributed by atoms with E-state index in [1.165, 1.54) is 25.7 Å². The van der Waals surface area contributed by atoms with E-state index in [1.54, 1.807) is 6.92 Å². The van der Waals surface area contributed by atoms with Crippen LogP contribution in [0, 0.1) is 11.3 Å². The van der Waals surface area contributed by atoms with E-state index < -0.39 is 9.84 Å². The molecule has 1 spiro atoms. The lowest BCUT2D eigenvalue weighted by Gasteiger charge is -2.57. The van der Waals surface area contributed by atoms with Crippen LogP contribution >= 0.6 is 0 Å². The third-order valence-electron chi connectivity index (χ3n) is 5.69. The van der Waals surface area contributed by atoms with Gasteiger partial charge in [0.25, 0.3) is 0 Å². The summed E-state index contributed by atoms with van der Waals surface area (Å²) in [7, 11) is -2.90. The van der Waals surface area contributed by atoms with Gasteiger partial charge in [0.1, 0.15) is 0 Å². The number of hydrogen-bond acceptors (Lipinski definition) is 4. The summed E-state index contributed by atoms with van der Waals surface area (Å²) in [6, 6.07) is 0.517. The quantitative estimate of drug-likeness (QED) is 0.840.